The average Bonchev–Trinajstić information content (AvgIpc) is 3.03. The lowest BCUT2D eigenvalue weighted by molar-refractivity contribution is -0.131. The highest BCUT2D eigenvalue weighted by atomic mass is 32.2. The summed E-state index contributed by atoms with van der Waals surface area (Å²) >= 11 is 0. The number of rotatable bonds is 4. The molecule has 6 nitrogen and oxygen atoms in total. The first-order chi connectivity index (χ1) is 11.0. The van der Waals surface area contributed by atoms with E-state index in [1.165, 1.54) is 7.05 Å². The van der Waals surface area contributed by atoms with Crippen LogP contribution in [0.1, 0.15) is 17.3 Å². The molecule has 1 aromatic heterocycles. The molecule has 23 heavy (non-hydrogen) atoms. The SMILES string of the molecule is CNS(=O)(=O)CC(=O)N1CCn2cccc2C1c1ccccc1. The van der Waals surface area contributed by atoms with E-state index in [4.69, 9.17) is 0 Å². The normalized spacial score (nSPS) is 17.8. The molecule has 0 bridgehead atoms. The van der Waals surface area contributed by atoms with E-state index in [1.807, 2.05) is 48.7 Å². The highest BCUT2D eigenvalue weighted by Gasteiger charge is 2.33. The highest BCUT2D eigenvalue weighted by molar-refractivity contribution is 7.90. The van der Waals surface area contributed by atoms with Gasteiger partial charge in [-0.3, -0.25) is 4.79 Å². The number of hydrogen-bond donors (Lipinski definition) is 1. The minimum Gasteiger partial charge on any atom is -0.348 e. The van der Waals surface area contributed by atoms with Crippen LogP contribution in [0.5, 0.6) is 0 Å². The summed E-state index contributed by atoms with van der Waals surface area (Å²) in [4.78, 5) is 14.2. The van der Waals surface area contributed by atoms with Gasteiger partial charge in [0.2, 0.25) is 15.9 Å². The zero-order valence-electron chi connectivity index (χ0n) is 12.8. The van der Waals surface area contributed by atoms with Gasteiger partial charge in [-0.2, -0.15) is 0 Å². The van der Waals surface area contributed by atoms with Crippen LogP contribution in [0.2, 0.25) is 0 Å². The van der Waals surface area contributed by atoms with E-state index in [2.05, 4.69) is 9.29 Å². The quantitative estimate of drug-likeness (QED) is 0.906. The lowest BCUT2D eigenvalue weighted by atomic mass is 10.00. The molecular weight excluding hydrogens is 314 g/mol. The molecule has 1 amide bonds. The molecule has 1 aliphatic rings. The molecule has 1 aromatic carbocycles. The molecule has 0 aliphatic carbocycles. The monoisotopic (exact) mass is 333 g/mol. The third-order valence-corrected chi connectivity index (χ3v) is 5.35. The van der Waals surface area contributed by atoms with Crippen molar-refractivity contribution in [2.75, 3.05) is 19.3 Å². The topological polar surface area (TPSA) is 71.4 Å². The van der Waals surface area contributed by atoms with Crippen molar-refractivity contribution in [1.29, 1.82) is 0 Å². The van der Waals surface area contributed by atoms with Gasteiger partial charge in [0.25, 0.3) is 0 Å². The van der Waals surface area contributed by atoms with Crippen molar-refractivity contribution < 1.29 is 13.2 Å². The molecule has 2 heterocycles. The molecule has 122 valence electrons. The fraction of sp³-hybridized carbons (Fsp3) is 0.312. The highest BCUT2D eigenvalue weighted by Crippen LogP contribution is 2.32. The van der Waals surface area contributed by atoms with Crippen molar-refractivity contribution >= 4 is 15.9 Å². The molecular formula is C16H19N3O3S. The molecule has 1 atom stereocenters. The van der Waals surface area contributed by atoms with Gasteiger partial charge < -0.3 is 9.47 Å². The lowest BCUT2D eigenvalue weighted by Crippen LogP contribution is -2.45. The molecule has 0 radical (unpaired) electrons. The van der Waals surface area contributed by atoms with E-state index in [-0.39, 0.29) is 11.9 Å². The number of hydrogen-bond acceptors (Lipinski definition) is 3. The van der Waals surface area contributed by atoms with Gasteiger partial charge in [0.05, 0.1) is 6.04 Å². The number of nitrogens with zero attached hydrogens (tertiary/aromatic N) is 2. The van der Waals surface area contributed by atoms with Gasteiger partial charge in [-0.05, 0) is 24.7 Å². The summed E-state index contributed by atoms with van der Waals surface area (Å²) in [6.07, 6.45) is 1.98. The second kappa shape index (κ2) is 6.17. The molecule has 2 aromatic rings. The average molecular weight is 333 g/mol. The number of carbonyl (C=O) groups excluding carboxylic acids is 1. The Kier molecular flexibility index (Phi) is 4.23. The molecule has 0 fully saturated rings. The summed E-state index contributed by atoms with van der Waals surface area (Å²) < 4.78 is 27.8. The first-order valence-corrected chi connectivity index (χ1v) is 9.08. The largest absolute Gasteiger partial charge is 0.348 e. The van der Waals surface area contributed by atoms with Crippen molar-refractivity contribution in [2.24, 2.45) is 0 Å². The summed E-state index contributed by atoms with van der Waals surface area (Å²) in [5.41, 5.74) is 1.97. The van der Waals surface area contributed by atoms with Gasteiger partial charge in [0.1, 0.15) is 5.75 Å². The van der Waals surface area contributed by atoms with Crippen molar-refractivity contribution in [2.45, 2.75) is 12.6 Å². The predicted molar refractivity (Wildman–Crippen MR) is 87.3 cm³/mol. The summed E-state index contributed by atoms with van der Waals surface area (Å²) in [5, 5.41) is 0. The maximum absolute atomic E-state index is 12.6. The van der Waals surface area contributed by atoms with Crippen molar-refractivity contribution in [3.05, 3.63) is 59.9 Å². The van der Waals surface area contributed by atoms with Crippen LogP contribution in [-0.4, -0.2) is 43.1 Å². The fourth-order valence-corrected chi connectivity index (χ4v) is 3.59. The van der Waals surface area contributed by atoms with Crippen LogP contribution in [0.15, 0.2) is 48.7 Å². The van der Waals surface area contributed by atoms with Crippen LogP contribution in [0, 0.1) is 0 Å². The van der Waals surface area contributed by atoms with Gasteiger partial charge in [-0.25, -0.2) is 13.1 Å². The Morgan fingerprint density at radius 1 is 1.17 bits per heavy atom. The summed E-state index contributed by atoms with van der Waals surface area (Å²) in [6.45, 7) is 1.15. The van der Waals surface area contributed by atoms with E-state index < -0.39 is 15.8 Å². The van der Waals surface area contributed by atoms with E-state index >= 15 is 0 Å². The first kappa shape index (κ1) is 15.8. The fourth-order valence-electron chi connectivity index (χ4n) is 2.96. The first-order valence-electron chi connectivity index (χ1n) is 7.42. The molecule has 0 spiro atoms. The second-order valence-electron chi connectivity index (χ2n) is 5.49. The smallest absolute Gasteiger partial charge is 0.240 e. The van der Waals surface area contributed by atoms with Gasteiger partial charge >= 0.3 is 0 Å². The van der Waals surface area contributed by atoms with Crippen LogP contribution in [0.4, 0.5) is 0 Å². The maximum Gasteiger partial charge on any atom is 0.240 e. The van der Waals surface area contributed by atoms with Gasteiger partial charge in [0, 0.05) is 25.0 Å². The van der Waals surface area contributed by atoms with E-state index in [1.54, 1.807) is 4.90 Å². The van der Waals surface area contributed by atoms with Crippen LogP contribution in [-0.2, 0) is 21.4 Å². The van der Waals surface area contributed by atoms with Crippen LogP contribution >= 0.6 is 0 Å². The molecule has 3 rings (SSSR count). The van der Waals surface area contributed by atoms with Crippen molar-refractivity contribution in [3.8, 4) is 0 Å². The Morgan fingerprint density at radius 2 is 1.91 bits per heavy atom. The Hall–Kier alpha value is -2.12. The zero-order valence-corrected chi connectivity index (χ0v) is 13.7. The standard InChI is InChI=1S/C16H19N3O3S/c1-17-23(21,22)12-15(20)19-11-10-18-9-5-8-14(18)16(19)13-6-3-2-4-7-13/h2-9,16-17H,10-12H2,1H3. The summed E-state index contributed by atoms with van der Waals surface area (Å²) in [5.74, 6) is -0.922. The third-order valence-electron chi connectivity index (χ3n) is 4.10. The number of benzene rings is 1. The van der Waals surface area contributed by atoms with Crippen LogP contribution < -0.4 is 4.72 Å². The Morgan fingerprint density at radius 3 is 2.61 bits per heavy atom. The van der Waals surface area contributed by atoms with Crippen LogP contribution in [0.3, 0.4) is 0 Å². The molecule has 0 saturated heterocycles. The van der Waals surface area contributed by atoms with Gasteiger partial charge in [-0.15, -0.1) is 0 Å². The molecule has 0 saturated carbocycles. The van der Waals surface area contributed by atoms with Crippen LogP contribution in [0.25, 0.3) is 0 Å². The third kappa shape index (κ3) is 3.16. The zero-order chi connectivity index (χ0) is 16.4. The van der Waals surface area contributed by atoms with Gasteiger partial charge in [0.15, 0.2) is 0 Å². The van der Waals surface area contributed by atoms with E-state index in [0.717, 1.165) is 11.3 Å². The van der Waals surface area contributed by atoms with Crippen molar-refractivity contribution in [3.63, 3.8) is 0 Å². The Labute approximate surface area is 135 Å². The minimum absolute atomic E-state index is 0.264. The number of amides is 1. The van der Waals surface area contributed by atoms with Gasteiger partial charge in [-0.1, -0.05) is 30.3 Å². The lowest BCUT2D eigenvalue weighted by Gasteiger charge is -2.37. The molecule has 1 unspecified atom stereocenters. The predicted octanol–water partition coefficient (Wildman–Crippen LogP) is 0.969. The molecule has 1 N–H and O–H groups in total. The number of carbonyl (C=O) groups is 1. The van der Waals surface area contributed by atoms with E-state index in [9.17, 15) is 13.2 Å². The number of nitrogens with one attached hydrogen (secondary N) is 1. The Balaban J connectivity index is 1.98. The maximum atomic E-state index is 12.6. The molecule has 7 heteroatoms. The summed E-state index contributed by atoms with van der Waals surface area (Å²) in [6, 6.07) is 13.3. The Bertz CT molecular complexity index is 799. The van der Waals surface area contributed by atoms with Crippen molar-refractivity contribution in [1.82, 2.24) is 14.2 Å². The minimum atomic E-state index is -3.59. The summed E-state index contributed by atoms with van der Waals surface area (Å²) in [7, 11) is -2.27. The number of aromatic nitrogens is 1. The number of sulfonamides is 1. The second-order valence-corrected chi connectivity index (χ2v) is 7.42. The molecule has 1 aliphatic heterocycles. The van der Waals surface area contributed by atoms with E-state index in [0.29, 0.717) is 13.1 Å². The number of fused-ring (bicyclic) bond motifs is 1.